The van der Waals surface area contributed by atoms with E-state index in [0.29, 0.717) is 17.8 Å². The van der Waals surface area contributed by atoms with Crippen LogP contribution in [-0.2, 0) is 12.8 Å². The van der Waals surface area contributed by atoms with Gasteiger partial charge in [-0.05, 0) is 71.6 Å². The second-order valence-electron chi connectivity index (χ2n) is 8.70. The summed E-state index contributed by atoms with van der Waals surface area (Å²) in [5.41, 5.74) is 9.11. The molecule has 140 valence electrons. The Morgan fingerprint density at radius 1 is 0.714 bits per heavy atom. The van der Waals surface area contributed by atoms with Gasteiger partial charge in [0.25, 0.3) is 0 Å². The lowest BCUT2D eigenvalue weighted by atomic mass is 9.59. The van der Waals surface area contributed by atoms with Gasteiger partial charge in [-0.25, -0.2) is 0 Å². The predicted octanol–water partition coefficient (Wildman–Crippen LogP) is 6.24. The van der Waals surface area contributed by atoms with Crippen LogP contribution in [-0.4, -0.2) is 6.61 Å². The Morgan fingerprint density at radius 2 is 1.39 bits per heavy atom. The summed E-state index contributed by atoms with van der Waals surface area (Å²) in [5.74, 6) is 2.68. The van der Waals surface area contributed by atoms with Gasteiger partial charge in [0.2, 0.25) is 0 Å². The van der Waals surface area contributed by atoms with Gasteiger partial charge in [-0.15, -0.1) is 0 Å². The molecule has 4 aliphatic carbocycles. The fourth-order valence-corrected chi connectivity index (χ4v) is 6.00. The Balaban J connectivity index is 1.33. The van der Waals surface area contributed by atoms with Crippen molar-refractivity contribution in [3.05, 3.63) is 100 Å². The smallest absolute Gasteiger partial charge is 0.122 e. The van der Waals surface area contributed by atoms with Crippen molar-refractivity contribution in [2.75, 3.05) is 6.61 Å². The first kappa shape index (κ1) is 16.4. The second kappa shape index (κ2) is 6.51. The average Bonchev–Trinajstić information content (AvgIpc) is 2.78. The van der Waals surface area contributed by atoms with Crippen LogP contribution in [0, 0.1) is 5.92 Å². The van der Waals surface area contributed by atoms with E-state index in [2.05, 4.69) is 66.7 Å². The molecule has 0 radical (unpaired) electrons. The van der Waals surface area contributed by atoms with Gasteiger partial charge in [0.15, 0.2) is 0 Å². The molecule has 0 amide bonds. The van der Waals surface area contributed by atoms with Crippen LogP contribution in [0.3, 0.4) is 0 Å². The maximum Gasteiger partial charge on any atom is 0.122 e. The summed E-state index contributed by atoms with van der Waals surface area (Å²) in [6.07, 6.45) is 6.20. The maximum atomic E-state index is 6.53. The molecule has 7 rings (SSSR count). The van der Waals surface area contributed by atoms with E-state index in [-0.39, 0.29) is 0 Å². The molecular weight excluding hydrogens is 340 g/mol. The summed E-state index contributed by atoms with van der Waals surface area (Å²) in [7, 11) is 0. The van der Waals surface area contributed by atoms with Crippen LogP contribution in [0.4, 0.5) is 0 Å². The third-order valence-electron chi connectivity index (χ3n) is 7.23. The van der Waals surface area contributed by atoms with Gasteiger partial charge in [-0.3, -0.25) is 0 Å². The van der Waals surface area contributed by atoms with E-state index in [1.165, 1.54) is 54.4 Å². The third-order valence-corrected chi connectivity index (χ3v) is 7.23. The lowest BCUT2D eigenvalue weighted by Crippen LogP contribution is -2.35. The monoisotopic (exact) mass is 366 g/mol. The third kappa shape index (κ3) is 2.45. The molecule has 0 aliphatic heterocycles. The summed E-state index contributed by atoms with van der Waals surface area (Å²) in [5, 5.41) is 0. The zero-order valence-corrected chi connectivity index (χ0v) is 16.2. The van der Waals surface area contributed by atoms with Gasteiger partial charge < -0.3 is 4.74 Å². The highest BCUT2D eigenvalue weighted by molar-refractivity contribution is 5.55. The molecule has 28 heavy (non-hydrogen) atoms. The summed E-state index contributed by atoms with van der Waals surface area (Å²) in [4.78, 5) is 0. The summed E-state index contributed by atoms with van der Waals surface area (Å²) >= 11 is 0. The molecule has 0 heterocycles. The highest BCUT2D eigenvalue weighted by Gasteiger charge is 2.43. The van der Waals surface area contributed by atoms with Crippen molar-refractivity contribution in [3.63, 3.8) is 0 Å². The minimum absolute atomic E-state index is 0.469. The van der Waals surface area contributed by atoms with Crippen LogP contribution >= 0.6 is 0 Å². The topological polar surface area (TPSA) is 9.23 Å². The van der Waals surface area contributed by atoms with E-state index in [1.54, 1.807) is 11.1 Å². The molecule has 0 spiro atoms. The molecule has 0 saturated carbocycles. The van der Waals surface area contributed by atoms with Crippen LogP contribution in [0.1, 0.15) is 64.5 Å². The lowest BCUT2D eigenvalue weighted by Gasteiger charge is -2.45. The van der Waals surface area contributed by atoms with Crippen molar-refractivity contribution in [3.8, 4) is 5.75 Å². The fourth-order valence-electron chi connectivity index (χ4n) is 6.00. The van der Waals surface area contributed by atoms with Gasteiger partial charge in [0.1, 0.15) is 5.75 Å². The zero-order valence-electron chi connectivity index (χ0n) is 16.2. The number of hydrogen-bond acceptors (Lipinski definition) is 1. The van der Waals surface area contributed by atoms with Crippen LogP contribution in [0.25, 0.3) is 0 Å². The maximum absolute atomic E-state index is 6.53. The van der Waals surface area contributed by atoms with Crippen LogP contribution in [0.2, 0.25) is 0 Å². The Kier molecular flexibility index (Phi) is 3.82. The highest BCUT2D eigenvalue weighted by atomic mass is 16.5. The van der Waals surface area contributed by atoms with E-state index in [0.717, 1.165) is 12.4 Å². The second-order valence-corrected chi connectivity index (χ2v) is 8.70. The molecule has 3 aromatic carbocycles. The quantitative estimate of drug-likeness (QED) is 0.533. The standard InChI is InChI=1S/C27H26O/c1-2-10-20-18(8-1)9-7-15-26(20)28-17-19-16-25-21-11-3-5-13-23(21)27(19)24-14-6-4-12-22(24)25/h3-7,9,11-15,19,25,27H,1-2,8,10,16-17H2. The molecule has 0 aromatic heterocycles. The lowest BCUT2D eigenvalue weighted by molar-refractivity contribution is 0.202. The molecule has 0 N–H and O–H groups in total. The molecule has 1 unspecified atom stereocenters. The van der Waals surface area contributed by atoms with Crippen LogP contribution in [0.5, 0.6) is 5.75 Å². The molecule has 0 fully saturated rings. The Bertz CT molecular complexity index is 986. The molecule has 1 atom stereocenters. The first-order valence-corrected chi connectivity index (χ1v) is 10.8. The molecule has 4 aliphatic rings. The van der Waals surface area contributed by atoms with E-state index >= 15 is 0 Å². The first-order chi connectivity index (χ1) is 13.9. The minimum Gasteiger partial charge on any atom is -0.493 e. The highest BCUT2D eigenvalue weighted by Crippen LogP contribution is 2.55. The van der Waals surface area contributed by atoms with E-state index < -0.39 is 0 Å². The summed E-state index contributed by atoms with van der Waals surface area (Å²) in [6, 6.07) is 24.8. The normalized spacial score (nSPS) is 24.2. The molecule has 2 bridgehead atoms. The largest absolute Gasteiger partial charge is 0.493 e. The minimum atomic E-state index is 0.469. The van der Waals surface area contributed by atoms with Crippen molar-refractivity contribution in [2.24, 2.45) is 5.92 Å². The van der Waals surface area contributed by atoms with Crippen molar-refractivity contribution >= 4 is 0 Å². The van der Waals surface area contributed by atoms with E-state index in [9.17, 15) is 0 Å². The Hall–Kier alpha value is -2.54. The summed E-state index contributed by atoms with van der Waals surface area (Å²) in [6.45, 7) is 0.820. The molecule has 1 nitrogen and oxygen atoms in total. The van der Waals surface area contributed by atoms with Gasteiger partial charge in [-0.1, -0.05) is 60.7 Å². The van der Waals surface area contributed by atoms with Gasteiger partial charge in [-0.2, -0.15) is 0 Å². The molecule has 0 saturated heterocycles. The molecular formula is C27H26O. The summed E-state index contributed by atoms with van der Waals surface area (Å²) < 4.78 is 6.53. The molecule has 3 aromatic rings. The number of rotatable bonds is 3. The van der Waals surface area contributed by atoms with Crippen LogP contribution < -0.4 is 4.74 Å². The van der Waals surface area contributed by atoms with Crippen molar-refractivity contribution < 1.29 is 4.74 Å². The Morgan fingerprint density at radius 3 is 2.14 bits per heavy atom. The number of fused-ring (bicyclic) bond motifs is 2. The predicted molar refractivity (Wildman–Crippen MR) is 113 cm³/mol. The zero-order chi connectivity index (χ0) is 18.5. The SMILES string of the molecule is c1cc2c(c(OCC3CC4c5ccccc5C3c3ccccc34)c1)CCCC2. The van der Waals surface area contributed by atoms with E-state index in [1.807, 2.05) is 0 Å². The van der Waals surface area contributed by atoms with Gasteiger partial charge in [0.05, 0.1) is 6.61 Å². The van der Waals surface area contributed by atoms with Gasteiger partial charge >= 0.3 is 0 Å². The first-order valence-electron chi connectivity index (χ1n) is 10.8. The van der Waals surface area contributed by atoms with Crippen molar-refractivity contribution in [1.82, 2.24) is 0 Å². The molecule has 1 heteroatoms. The van der Waals surface area contributed by atoms with Crippen molar-refractivity contribution in [1.29, 1.82) is 0 Å². The van der Waals surface area contributed by atoms with Gasteiger partial charge in [0, 0.05) is 17.8 Å². The Labute approximate surface area is 167 Å². The number of ether oxygens (including phenoxy) is 1. The van der Waals surface area contributed by atoms with Crippen molar-refractivity contribution in [2.45, 2.75) is 43.9 Å². The number of hydrogen-bond donors (Lipinski definition) is 0. The number of benzene rings is 3. The number of aryl methyl sites for hydroxylation is 1. The average molecular weight is 367 g/mol. The van der Waals surface area contributed by atoms with E-state index in [4.69, 9.17) is 4.74 Å². The fraction of sp³-hybridized carbons (Fsp3) is 0.333. The van der Waals surface area contributed by atoms with Crippen LogP contribution in [0.15, 0.2) is 66.7 Å².